The lowest BCUT2D eigenvalue weighted by Gasteiger charge is -2.10. The number of rotatable bonds is 5. The van der Waals surface area contributed by atoms with E-state index in [2.05, 4.69) is 0 Å². The fourth-order valence-electron chi connectivity index (χ4n) is 1.69. The van der Waals surface area contributed by atoms with Gasteiger partial charge in [-0.15, -0.1) is 0 Å². The standard InChI is InChI=1S/C15H13FO3/c16-9-13-8-12(15(17)18)6-7-14(13)19-10-11-4-2-1-3-5-11/h1-8H,9-10H2,(H,17,18). The molecule has 0 atom stereocenters. The van der Waals surface area contributed by atoms with Crippen LogP contribution in [0, 0.1) is 0 Å². The van der Waals surface area contributed by atoms with Gasteiger partial charge >= 0.3 is 5.97 Å². The topological polar surface area (TPSA) is 46.5 Å². The monoisotopic (exact) mass is 260 g/mol. The highest BCUT2D eigenvalue weighted by Gasteiger charge is 2.09. The van der Waals surface area contributed by atoms with Gasteiger partial charge in [-0.25, -0.2) is 9.18 Å². The molecule has 98 valence electrons. The van der Waals surface area contributed by atoms with Crippen LogP contribution in [0.15, 0.2) is 48.5 Å². The van der Waals surface area contributed by atoms with Crippen molar-refractivity contribution in [2.45, 2.75) is 13.3 Å². The summed E-state index contributed by atoms with van der Waals surface area (Å²) in [4.78, 5) is 10.8. The summed E-state index contributed by atoms with van der Waals surface area (Å²) in [6.07, 6.45) is 0. The number of carbonyl (C=O) groups is 1. The van der Waals surface area contributed by atoms with Crippen LogP contribution in [-0.2, 0) is 13.3 Å². The molecule has 0 aliphatic heterocycles. The van der Waals surface area contributed by atoms with Gasteiger partial charge in [-0.3, -0.25) is 0 Å². The Hall–Kier alpha value is -2.36. The number of carboxylic acids is 1. The lowest BCUT2D eigenvalue weighted by atomic mass is 10.1. The minimum absolute atomic E-state index is 0.0553. The van der Waals surface area contributed by atoms with Crippen LogP contribution in [0.5, 0.6) is 5.75 Å². The lowest BCUT2D eigenvalue weighted by molar-refractivity contribution is 0.0696. The Morgan fingerprint density at radius 2 is 1.89 bits per heavy atom. The number of alkyl halides is 1. The van der Waals surface area contributed by atoms with Crippen LogP contribution in [-0.4, -0.2) is 11.1 Å². The van der Waals surface area contributed by atoms with Gasteiger partial charge in [0.1, 0.15) is 19.0 Å². The molecule has 4 heteroatoms. The second kappa shape index (κ2) is 6.00. The third-order valence-corrected chi connectivity index (χ3v) is 2.69. The van der Waals surface area contributed by atoms with Crippen molar-refractivity contribution in [2.75, 3.05) is 0 Å². The van der Waals surface area contributed by atoms with Crippen molar-refractivity contribution in [2.24, 2.45) is 0 Å². The van der Waals surface area contributed by atoms with E-state index in [4.69, 9.17) is 9.84 Å². The molecule has 2 aromatic carbocycles. The largest absolute Gasteiger partial charge is 0.489 e. The number of carboxylic acid groups (broad SMARTS) is 1. The maximum absolute atomic E-state index is 12.9. The molecular formula is C15H13FO3. The normalized spacial score (nSPS) is 10.2. The van der Waals surface area contributed by atoms with Gasteiger partial charge in [-0.2, -0.15) is 0 Å². The Morgan fingerprint density at radius 3 is 2.53 bits per heavy atom. The Kier molecular flexibility index (Phi) is 4.13. The quantitative estimate of drug-likeness (QED) is 0.895. The molecule has 0 fully saturated rings. The van der Waals surface area contributed by atoms with Crippen LogP contribution in [0.2, 0.25) is 0 Å². The zero-order chi connectivity index (χ0) is 13.7. The van der Waals surface area contributed by atoms with Crippen LogP contribution in [0.3, 0.4) is 0 Å². The third kappa shape index (κ3) is 3.31. The van der Waals surface area contributed by atoms with Crippen LogP contribution < -0.4 is 4.74 Å². The molecule has 0 amide bonds. The first kappa shape index (κ1) is 13.1. The number of aromatic carboxylic acids is 1. The van der Waals surface area contributed by atoms with E-state index in [1.165, 1.54) is 18.2 Å². The van der Waals surface area contributed by atoms with Crippen molar-refractivity contribution in [1.29, 1.82) is 0 Å². The molecule has 0 bridgehead atoms. The molecule has 3 nitrogen and oxygen atoms in total. The fraction of sp³-hybridized carbons (Fsp3) is 0.133. The molecule has 0 aliphatic rings. The maximum atomic E-state index is 12.9. The zero-order valence-electron chi connectivity index (χ0n) is 10.2. The van der Waals surface area contributed by atoms with E-state index in [-0.39, 0.29) is 11.1 Å². The summed E-state index contributed by atoms with van der Waals surface area (Å²) in [6, 6.07) is 13.7. The van der Waals surface area contributed by atoms with Crippen LogP contribution in [0.1, 0.15) is 21.5 Å². The predicted octanol–water partition coefficient (Wildman–Crippen LogP) is 3.43. The highest BCUT2D eigenvalue weighted by atomic mass is 19.1. The number of hydrogen-bond acceptors (Lipinski definition) is 2. The third-order valence-electron chi connectivity index (χ3n) is 2.69. The molecule has 0 saturated carbocycles. The maximum Gasteiger partial charge on any atom is 0.335 e. The van der Waals surface area contributed by atoms with Gasteiger partial charge in [-0.05, 0) is 23.8 Å². The molecule has 2 aromatic rings. The number of halogens is 1. The summed E-state index contributed by atoms with van der Waals surface area (Å²) in [6.45, 7) is -0.439. The second-order valence-electron chi connectivity index (χ2n) is 4.04. The Morgan fingerprint density at radius 1 is 1.16 bits per heavy atom. The predicted molar refractivity (Wildman–Crippen MR) is 69.0 cm³/mol. The molecular weight excluding hydrogens is 247 g/mol. The molecule has 1 N–H and O–H groups in total. The molecule has 0 radical (unpaired) electrons. The molecule has 0 aromatic heterocycles. The highest BCUT2D eigenvalue weighted by molar-refractivity contribution is 5.88. The molecule has 0 saturated heterocycles. The first-order chi connectivity index (χ1) is 9.20. The first-order valence-electron chi connectivity index (χ1n) is 5.79. The van der Waals surface area contributed by atoms with Crippen molar-refractivity contribution < 1.29 is 19.0 Å². The van der Waals surface area contributed by atoms with Crippen LogP contribution in [0.4, 0.5) is 4.39 Å². The summed E-state index contributed by atoms with van der Waals surface area (Å²) in [5, 5.41) is 8.84. The van der Waals surface area contributed by atoms with Gasteiger partial charge < -0.3 is 9.84 Å². The Bertz CT molecular complexity index is 567. The SMILES string of the molecule is O=C(O)c1ccc(OCc2ccccc2)c(CF)c1. The smallest absolute Gasteiger partial charge is 0.335 e. The first-order valence-corrected chi connectivity index (χ1v) is 5.79. The molecule has 19 heavy (non-hydrogen) atoms. The fourth-order valence-corrected chi connectivity index (χ4v) is 1.69. The highest BCUT2D eigenvalue weighted by Crippen LogP contribution is 2.22. The van der Waals surface area contributed by atoms with Gasteiger partial charge in [0, 0.05) is 5.56 Å². The molecule has 0 heterocycles. The Labute approximate surface area is 110 Å². The molecule has 2 rings (SSSR count). The van der Waals surface area contributed by atoms with E-state index in [0.29, 0.717) is 12.4 Å². The number of ether oxygens (including phenoxy) is 1. The van der Waals surface area contributed by atoms with Crippen molar-refractivity contribution in [1.82, 2.24) is 0 Å². The molecule has 0 aliphatic carbocycles. The summed E-state index contributed by atoms with van der Waals surface area (Å²) in [7, 11) is 0. The van der Waals surface area contributed by atoms with Gasteiger partial charge in [-0.1, -0.05) is 30.3 Å². The lowest BCUT2D eigenvalue weighted by Crippen LogP contribution is -2.01. The van der Waals surface area contributed by atoms with E-state index < -0.39 is 12.6 Å². The van der Waals surface area contributed by atoms with E-state index in [0.717, 1.165) is 5.56 Å². The number of benzene rings is 2. The average Bonchev–Trinajstić information content (AvgIpc) is 2.45. The van der Waals surface area contributed by atoms with Gasteiger partial charge in [0.25, 0.3) is 0 Å². The Balaban J connectivity index is 2.14. The number of hydrogen-bond donors (Lipinski definition) is 1. The minimum Gasteiger partial charge on any atom is -0.489 e. The van der Waals surface area contributed by atoms with Crippen LogP contribution >= 0.6 is 0 Å². The van der Waals surface area contributed by atoms with E-state index in [9.17, 15) is 9.18 Å². The van der Waals surface area contributed by atoms with Crippen molar-refractivity contribution in [3.05, 3.63) is 65.2 Å². The van der Waals surface area contributed by atoms with Crippen molar-refractivity contribution in [3.8, 4) is 5.75 Å². The van der Waals surface area contributed by atoms with E-state index >= 15 is 0 Å². The summed E-state index contributed by atoms with van der Waals surface area (Å²) < 4.78 is 18.4. The summed E-state index contributed by atoms with van der Waals surface area (Å²) in [5.74, 6) is -0.708. The van der Waals surface area contributed by atoms with Crippen molar-refractivity contribution >= 4 is 5.97 Å². The second-order valence-corrected chi connectivity index (χ2v) is 4.04. The average molecular weight is 260 g/mol. The summed E-state index contributed by atoms with van der Waals surface area (Å²) >= 11 is 0. The van der Waals surface area contributed by atoms with Gasteiger partial charge in [0.15, 0.2) is 0 Å². The van der Waals surface area contributed by atoms with Gasteiger partial charge in [0.2, 0.25) is 0 Å². The van der Waals surface area contributed by atoms with E-state index in [1.807, 2.05) is 30.3 Å². The minimum atomic E-state index is -1.08. The van der Waals surface area contributed by atoms with Crippen LogP contribution in [0.25, 0.3) is 0 Å². The zero-order valence-corrected chi connectivity index (χ0v) is 10.2. The summed E-state index contributed by atoms with van der Waals surface area (Å²) in [5.41, 5.74) is 1.27. The van der Waals surface area contributed by atoms with Crippen molar-refractivity contribution in [3.63, 3.8) is 0 Å². The van der Waals surface area contributed by atoms with E-state index in [1.54, 1.807) is 0 Å². The molecule has 0 spiro atoms. The molecule has 0 unspecified atom stereocenters. The van der Waals surface area contributed by atoms with Gasteiger partial charge in [0.05, 0.1) is 5.56 Å².